The maximum atomic E-state index is 11.5. The van der Waals surface area contributed by atoms with Gasteiger partial charge in [0, 0.05) is 32.3 Å². The summed E-state index contributed by atoms with van der Waals surface area (Å²) in [5, 5.41) is 6.35. The number of halogens is 1. The molecule has 0 saturated carbocycles. The largest absolute Gasteiger partial charge is 0.381 e. The summed E-state index contributed by atoms with van der Waals surface area (Å²) in [5.41, 5.74) is 0. The highest BCUT2D eigenvalue weighted by molar-refractivity contribution is 14.0. The first-order chi connectivity index (χ1) is 9.93. The van der Waals surface area contributed by atoms with Gasteiger partial charge in [-0.1, -0.05) is 13.8 Å². The Balaban J connectivity index is 0.00000441. The number of rotatable bonds is 8. The van der Waals surface area contributed by atoms with Crippen LogP contribution in [0.2, 0.25) is 0 Å². The maximum Gasteiger partial charge on any atom is 0.191 e. The molecule has 132 valence electrons. The number of nitrogens with zero attached hydrogens (tertiary/aromatic N) is 1. The normalized spacial score (nSPS) is 20.7. The van der Waals surface area contributed by atoms with Crippen molar-refractivity contribution in [3.05, 3.63) is 0 Å². The van der Waals surface area contributed by atoms with Gasteiger partial charge in [-0.3, -0.25) is 4.99 Å². The van der Waals surface area contributed by atoms with Crippen LogP contribution in [0.3, 0.4) is 0 Å². The zero-order valence-electron chi connectivity index (χ0n) is 13.8. The van der Waals surface area contributed by atoms with Crippen molar-refractivity contribution >= 4 is 39.8 Å². The van der Waals surface area contributed by atoms with Gasteiger partial charge in [0.15, 0.2) is 15.8 Å². The van der Waals surface area contributed by atoms with Crippen molar-refractivity contribution in [3.8, 4) is 0 Å². The second kappa shape index (κ2) is 11.4. The van der Waals surface area contributed by atoms with Crippen LogP contribution in [-0.2, 0) is 14.6 Å². The number of guanidine groups is 1. The van der Waals surface area contributed by atoms with Crippen LogP contribution in [0.1, 0.15) is 33.6 Å². The van der Waals surface area contributed by atoms with E-state index in [1.54, 1.807) is 0 Å². The van der Waals surface area contributed by atoms with Gasteiger partial charge in [0.25, 0.3) is 0 Å². The lowest BCUT2D eigenvalue weighted by Gasteiger charge is -2.15. The van der Waals surface area contributed by atoms with Gasteiger partial charge in [0.05, 0.1) is 11.5 Å². The topological polar surface area (TPSA) is 79.8 Å². The molecule has 1 aliphatic rings. The SMILES string of the molecule is CCNC(=NCCCOCC(C)C)NC1CCS(=O)(=O)C1.I. The minimum atomic E-state index is -2.86. The van der Waals surface area contributed by atoms with E-state index in [0.29, 0.717) is 31.4 Å². The Morgan fingerprint density at radius 2 is 2.14 bits per heavy atom. The fraction of sp³-hybridized carbons (Fsp3) is 0.929. The minimum absolute atomic E-state index is 0. The molecular formula is C14H30IN3O3S. The maximum absolute atomic E-state index is 11.5. The molecule has 0 aromatic rings. The second-order valence-corrected chi connectivity index (χ2v) is 8.06. The van der Waals surface area contributed by atoms with Gasteiger partial charge >= 0.3 is 0 Å². The van der Waals surface area contributed by atoms with Gasteiger partial charge in [-0.2, -0.15) is 0 Å². The van der Waals surface area contributed by atoms with E-state index in [0.717, 1.165) is 19.6 Å². The predicted molar refractivity (Wildman–Crippen MR) is 102 cm³/mol. The average molecular weight is 447 g/mol. The first kappa shape index (κ1) is 21.9. The lowest BCUT2D eigenvalue weighted by atomic mass is 10.2. The van der Waals surface area contributed by atoms with E-state index >= 15 is 0 Å². The smallest absolute Gasteiger partial charge is 0.191 e. The molecule has 22 heavy (non-hydrogen) atoms. The Morgan fingerprint density at radius 3 is 2.68 bits per heavy atom. The minimum Gasteiger partial charge on any atom is -0.381 e. The standard InChI is InChI=1S/C14H29N3O3S.HI/c1-4-15-14(16-7-5-8-20-10-12(2)3)17-13-6-9-21(18,19)11-13;/h12-13H,4-11H2,1-3H3,(H2,15,16,17);1H. The molecule has 0 amide bonds. The van der Waals surface area contributed by atoms with Crippen molar-refractivity contribution in [1.29, 1.82) is 0 Å². The van der Waals surface area contributed by atoms with E-state index in [1.807, 2.05) is 6.92 Å². The number of hydrogen-bond acceptors (Lipinski definition) is 4. The average Bonchev–Trinajstić information content (AvgIpc) is 2.72. The highest BCUT2D eigenvalue weighted by Gasteiger charge is 2.28. The second-order valence-electron chi connectivity index (χ2n) is 5.83. The lowest BCUT2D eigenvalue weighted by molar-refractivity contribution is 0.109. The summed E-state index contributed by atoms with van der Waals surface area (Å²) in [4.78, 5) is 4.46. The first-order valence-electron chi connectivity index (χ1n) is 7.76. The Kier molecular flexibility index (Phi) is 11.4. The monoisotopic (exact) mass is 447 g/mol. The predicted octanol–water partition coefficient (Wildman–Crippen LogP) is 1.41. The first-order valence-corrected chi connectivity index (χ1v) is 9.58. The molecule has 0 aromatic heterocycles. The number of hydrogen-bond donors (Lipinski definition) is 2. The molecule has 2 N–H and O–H groups in total. The van der Waals surface area contributed by atoms with Gasteiger partial charge in [-0.05, 0) is 25.7 Å². The zero-order valence-corrected chi connectivity index (χ0v) is 16.9. The summed E-state index contributed by atoms with van der Waals surface area (Å²) < 4.78 is 28.4. The summed E-state index contributed by atoms with van der Waals surface area (Å²) in [6.07, 6.45) is 1.52. The van der Waals surface area contributed by atoms with Crippen LogP contribution in [0.15, 0.2) is 4.99 Å². The number of sulfone groups is 1. The number of ether oxygens (including phenoxy) is 1. The molecule has 0 radical (unpaired) electrons. The Labute approximate surface area is 151 Å². The highest BCUT2D eigenvalue weighted by Crippen LogP contribution is 2.10. The van der Waals surface area contributed by atoms with Crippen molar-refractivity contribution < 1.29 is 13.2 Å². The summed E-state index contributed by atoms with van der Waals surface area (Å²) in [7, 11) is -2.86. The molecule has 0 aliphatic carbocycles. The summed E-state index contributed by atoms with van der Waals surface area (Å²) in [6, 6.07) is -0.0232. The highest BCUT2D eigenvalue weighted by atomic mass is 127. The Morgan fingerprint density at radius 1 is 1.41 bits per heavy atom. The quantitative estimate of drug-likeness (QED) is 0.255. The summed E-state index contributed by atoms with van der Waals surface area (Å²) >= 11 is 0. The van der Waals surface area contributed by atoms with Crippen molar-refractivity contribution in [1.82, 2.24) is 10.6 Å². The molecule has 1 aliphatic heterocycles. The fourth-order valence-electron chi connectivity index (χ4n) is 2.10. The summed E-state index contributed by atoms with van der Waals surface area (Å²) in [5.74, 6) is 1.72. The molecule has 1 rings (SSSR count). The molecule has 0 aromatic carbocycles. The van der Waals surface area contributed by atoms with Crippen LogP contribution in [0.5, 0.6) is 0 Å². The van der Waals surface area contributed by atoms with E-state index < -0.39 is 9.84 Å². The molecule has 1 heterocycles. The van der Waals surface area contributed by atoms with Crippen LogP contribution in [-0.4, -0.2) is 58.2 Å². The molecule has 0 spiro atoms. The molecule has 6 nitrogen and oxygen atoms in total. The molecule has 1 unspecified atom stereocenters. The molecule has 1 fully saturated rings. The molecule has 8 heteroatoms. The van der Waals surface area contributed by atoms with Crippen LogP contribution < -0.4 is 10.6 Å². The Hall–Kier alpha value is -0.0900. The number of nitrogens with one attached hydrogen (secondary N) is 2. The van der Waals surface area contributed by atoms with E-state index in [2.05, 4.69) is 29.5 Å². The Bertz CT molecular complexity index is 427. The van der Waals surface area contributed by atoms with Gasteiger partial charge in [0.1, 0.15) is 0 Å². The van der Waals surface area contributed by atoms with Crippen molar-refractivity contribution in [2.75, 3.05) is 37.8 Å². The molecular weight excluding hydrogens is 417 g/mol. The molecule has 1 atom stereocenters. The third kappa shape index (κ3) is 9.83. The fourth-order valence-corrected chi connectivity index (χ4v) is 3.77. The molecule has 0 bridgehead atoms. The van der Waals surface area contributed by atoms with E-state index in [1.165, 1.54) is 0 Å². The van der Waals surface area contributed by atoms with Crippen LogP contribution in [0.4, 0.5) is 0 Å². The van der Waals surface area contributed by atoms with E-state index in [4.69, 9.17) is 4.74 Å². The third-order valence-corrected chi connectivity index (χ3v) is 4.85. The van der Waals surface area contributed by atoms with Gasteiger partial charge in [0.2, 0.25) is 0 Å². The van der Waals surface area contributed by atoms with Crippen LogP contribution in [0, 0.1) is 5.92 Å². The third-order valence-electron chi connectivity index (χ3n) is 3.09. The summed E-state index contributed by atoms with van der Waals surface area (Å²) in [6.45, 7) is 9.17. The van der Waals surface area contributed by atoms with Crippen LogP contribution >= 0.6 is 24.0 Å². The van der Waals surface area contributed by atoms with E-state index in [-0.39, 0.29) is 41.5 Å². The van der Waals surface area contributed by atoms with Gasteiger partial charge in [-0.15, -0.1) is 24.0 Å². The van der Waals surface area contributed by atoms with Crippen molar-refractivity contribution in [2.45, 2.75) is 39.7 Å². The molecule has 1 saturated heterocycles. The number of aliphatic imine (C=N–C) groups is 1. The van der Waals surface area contributed by atoms with Gasteiger partial charge < -0.3 is 15.4 Å². The van der Waals surface area contributed by atoms with Gasteiger partial charge in [-0.25, -0.2) is 8.42 Å². The van der Waals surface area contributed by atoms with Crippen molar-refractivity contribution in [3.63, 3.8) is 0 Å². The lowest BCUT2D eigenvalue weighted by Crippen LogP contribution is -2.44. The van der Waals surface area contributed by atoms with E-state index in [9.17, 15) is 8.42 Å². The van der Waals surface area contributed by atoms with Crippen LogP contribution in [0.25, 0.3) is 0 Å². The zero-order chi connectivity index (χ0) is 15.7. The van der Waals surface area contributed by atoms with Crippen molar-refractivity contribution in [2.24, 2.45) is 10.9 Å².